The van der Waals surface area contributed by atoms with E-state index < -0.39 is 11.7 Å². The number of Topliss-reactive ketones (excluding diaryl/α,β-unsaturated/α-hetero) is 1. The Bertz CT molecular complexity index is 1420. The highest BCUT2D eigenvalue weighted by molar-refractivity contribution is 6.01. The third-order valence-corrected chi connectivity index (χ3v) is 9.53. The molecule has 2 aromatic rings. The molecule has 1 aromatic heterocycles. The second-order valence-electron chi connectivity index (χ2n) is 13.4. The lowest BCUT2D eigenvalue weighted by Gasteiger charge is -2.34. The van der Waals surface area contributed by atoms with Crippen LogP contribution in [0.3, 0.4) is 0 Å². The van der Waals surface area contributed by atoms with Crippen LogP contribution in [0.25, 0.3) is 5.69 Å². The van der Waals surface area contributed by atoms with Crippen LogP contribution >= 0.6 is 0 Å². The summed E-state index contributed by atoms with van der Waals surface area (Å²) in [6, 6.07) is 3.17. The highest BCUT2D eigenvalue weighted by Gasteiger charge is 2.39. The van der Waals surface area contributed by atoms with Crippen molar-refractivity contribution in [1.29, 1.82) is 0 Å². The van der Waals surface area contributed by atoms with Crippen molar-refractivity contribution >= 4 is 23.5 Å². The third kappa shape index (κ3) is 5.41. The van der Waals surface area contributed by atoms with E-state index in [2.05, 4.69) is 28.6 Å². The van der Waals surface area contributed by atoms with E-state index in [1.807, 2.05) is 13.1 Å². The fourth-order valence-electron chi connectivity index (χ4n) is 7.38. The van der Waals surface area contributed by atoms with E-state index in [-0.39, 0.29) is 35.0 Å². The zero-order valence-electron chi connectivity index (χ0n) is 24.9. The number of nitrogens with two attached hydrogens (primary N) is 1. The Balaban J connectivity index is 1.23. The number of amides is 2. The van der Waals surface area contributed by atoms with E-state index in [9.17, 15) is 14.4 Å². The zero-order chi connectivity index (χ0) is 29.8. The SMILES string of the molecule is CN1CCN(C(=O)O[C@H]2CC[C@H](Nc3cc(-n4c5c(c6c4CC(C)(C)CC6=O)CCC5)cc(F)c3C(N)=O)CC2)CC1. The van der Waals surface area contributed by atoms with Gasteiger partial charge in [0.15, 0.2) is 5.78 Å². The molecule has 0 atom stereocenters. The number of carbonyl (C=O) groups excluding carboxylic acids is 3. The van der Waals surface area contributed by atoms with Crippen LogP contribution in [0.1, 0.15) is 90.0 Å². The lowest BCUT2D eigenvalue weighted by Crippen LogP contribution is -2.48. The first-order chi connectivity index (χ1) is 20.0. The van der Waals surface area contributed by atoms with Crippen molar-refractivity contribution in [2.75, 3.05) is 38.5 Å². The van der Waals surface area contributed by atoms with Gasteiger partial charge in [-0.2, -0.15) is 0 Å². The minimum absolute atomic E-state index is 0.0267. The molecule has 10 heteroatoms. The number of piperazine rings is 1. The largest absolute Gasteiger partial charge is 0.446 e. The van der Waals surface area contributed by atoms with Crippen molar-refractivity contribution in [3.05, 3.63) is 46.0 Å². The predicted octanol–water partition coefficient (Wildman–Crippen LogP) is 4.47. The Morgan fingerprint density at radius 3 is 2.43 bits per heavy atom. The molecule has 3 aliphatic carbocycles. The number of carbonyl (C=O) groups is 3. The number of aromatic nitrogens is 1. The topological polar surface area (TPSA) is 110 Å². The summed E-state index contributed by atoms with van der Waals surface area (Å²) in [7, 11) is 2.04. The van der Waals surface area contributed by atoms with Gasteiger partial charge in [-0.05, 0) is 81.5 Å². The lowest BCUT2D eigenvalue weighted by atomic mass is 9.75. The first-order valence-electron chi connectivity index (χ1n) is 15.3. The van der Waals surface area contributed by atoms with Crippen molar-refractivity contribution in [2.45, 2.75) is 83.8 Å². The average Bonchev–Trinajstić information content (AvgIpc) is 3.49. The van der Waals surface area contributed by atoms with Gasteiger partial charge in [0, 0.05) is 55.6 Å². The molecule has 4 aliphatic rings. The number of rotatable bonds is 5. The minimum Gasteiger partial charge on any atom is -0.446 e. The van der Waals surface area contributed by atoms with Crippen LogP contribution < -0.4 is 11.1 Å². The molecular formula is C32H42FN5O4. The van der Waals surface area contributed by atoms with Crippen molar-refractivity contribution < 1.29 is 23.5 Å². The fraction of sp³-hybridized carbons (Fsp3) is 0.594. The Kier molecular flexibility index (Phi) is 7.53. The molecule has 0 spiro atoms. The summed E-state index contributed by atoms with van der Waals surface area (Å²) in [6.07, 6.45) is 6.24. The Hall–Kier alpha value is -3.40. The molecule has 0 bridgehead atoms. The number of ketones is 1. The van der Waals surface area contributed by atoms with Crippen LogP contribution in [0.4, 0.5) is 14.9 Å². The number of halogens is 1. The minimum atomic E-state index is -0.826. The maximum Gasteiger partial charge on any atom is 0.410 e. The van der Waals surface area contributed by atoms with Gasteiger partial charge in [-0.15, -0.1) is 0 Å². The number of nitrogens with one attached hydrogen (secondary N) is 1. The van der Waals surface area contributed by atoms with Crippen molar-refractivity contribution in [2.24, 2.45) is 11.1 Å². The molecule has 6 rings (SSSR count). The number of hydrogen-bond donors (Lipinski definition) is 2. The molecule has 1 saturated heterocycles. The van der Waals surface area contributed by atoms with Crippen LogP contribution in [0.2, 0.25) is 0 Å². The lowest BCUT2D eigenvalue weighted by molar-refractivity contribution is 0.0340. The number of benzene rings is 1. The molecule has 2 heterocycles. The number of fused-ring (bicyclic) bond motifs is 3. The normalized spacial score (nSPS) is 23.8. The summed E-state index contributed by atoms with van der Waals surface area (Å²) in [5.74, 6) is -1.34. The molecule has 9 nitrogen and oxygen atoms in total. The molecule has 42 heavy (non-hydrogen) atoms. The Morgan fingerprint density at radius 2 is 1.74 bits per heavy atom. The van der Waals surface area contributed by atoms with Crippen LogP contribution in [0, 0.1) is 11.2 Å². The molecule has 2 amide bonds. The maximum atomic E-state index is 15.6. The van der Waals surface area contributed by atoms with E-state index in [4.69, 9.17) is 10.5 Å². The van der Waals surface area contributed by atoms with Crippen molar-refractivity contribution in [3.63, 3.8) is 0 Å². The summed E-state index contributed by atoms with van der Waals surface area (Å²) in [5, 5.41) is 3.41. The highest BCUT2D eigenvalue weighted by Crippen LogP contribution is 2.43. The van der Waals surface area contributed by atoms with E-state index in [1.54, 1.807) is 4.90 Å². The van der Waals surface area contributed by atoms with Gasteiger partial charge in [-0.25, -0.2) is 9.18 Å². The molecule has 226 valence electrons. The average molecular weight is 580 g/mol. The number of nitrogens with zero attached hydrogens (tertiary/aromatic N) is 3. The number of hydrogen-bond acceptors (Lipinski definition) is 6. The molecule has 0 radical (unpaired) electrons. The summed E-state index contributed by atoms with van der Waals surface area (Å²) in [6.45, 7) is 7.21. The summed E-state index contributed by atoms with van der Waals surface area (Å²) in [4.78, 5) is 42.3. The molecular weight excluding hydrogens is 537 g/mol. The highest BCUT2D eigenvalue weighted by atomic mass is 19.1. The monoisotopic (exact) mass is 579 g/mol. The zero-order valence-corrected chi connectivity index (χ0v) is 24.9. The molecule has 1 aromatic carbocycles. The van der Waals surface area contributed by atoms with E-state index in [0.29, 0.717) is 56.6 Å². The molecule has 1 saturated carbocycles. The van der Waals surface area contributed by atoms with Gasteiger partial charge in [0.1, 0.15) is 11.9 Å². The first kappa shape index (κ1) is 28.7. The molecule has 3 N–H and O–H groups in total. The van der Waals surface area contributed by atoms with Gasteiger partial charge >= 0.3 is 6.09 Å². The third-order valence-electron chi connectivity index (χ3n) is 9.53. The van der Waals surface area contributed by atoms with Crippen LogP contribution in [0.5, 0.6) is 0 Å². The van der Waals surface area contributed by atoms with Gasteiger partial charge in [0.25, 0.3) is 5.91 Å². The molecule has 0 unspecified atom stereocenters. The van der Waals surface area contributed by atoms with Gasteiger partial charge in [-0.1, -0.05) is 13.8 Å². The van der Waals surface area contributed by atoms with Crippen molar-refractivity contribution in [3.8, 4) is 5.69 Å². The Labute approximate surface area is 246 Å². The van der Waals surface area contributed by atoms with Gasteiger partial charge in [0.05, 0.1) is 16.9 Å². The van der Waals surface area contributed by atoms with E-state index in [1.165, 1.54) is 6.07 Å². The van der Waals surface area contributed by atoms with E-state index >= 15 is 4.39 Å². The number of primary amides is 1. The predicted molar refractivity (Wildman–Crippen MR) is 158 cm³/mol. The van der Waals surface area contributed by atoms with Gasteiger partial charge in [0.2, 0.25) is 0 Å². The standard InChI is InChI=1S/C32H42FN5O4/c1-32(2)17-26-28(27(39)18-32)22-5-4-6-25(22)38(26)20-15-23(33)29(30(34)40)24(16-20)35-19-7-9-21(10-8-19)42-31(41)37-13-11-36(3)12-14-37/h15-16,19,21,35H,4-14,17-18H2,1-3H3,(H2,34,40)/t19-,21-. The van der Waals surface area contributed by atoms with E-state index in [0.717, 1.165) is 61.3 Å². The number of ether oxygens (including phenoxy) is 1. The summed E-state index contributed by atoms with van der Waals surface area (Å²) >= 11 is 0. The van der Waals surface area contributed by atoms with Crippen LogP contribution in [0.15, 0.2) is 12.1 Å². The molecule has 2 fully saturated rings. The smallest absolute Gasteiger partial charge is 0.410 e. The van der Waals surface area contributed by atoms with Crippen LogP contribution in [-0.4, -0.2) is 77.5 Å². The van der Waals surface area contributed by atoms with Gasteiger partial charge < -0.3 is 30.2 Å². The first-order valence-corrected chi connectivity index (χ1v) is 15.3. The number of anilines is 1. The second kappa shape index (κ2) is 11.0. The molecule has 1 aliphatic heterocycles. The second-order valence-corrected chi connectivity index (χ2v) is 13.4. The Morgan fingerprint density at radius 1 is 1.02 bits per heavy atom. The summed E-state index contributed by atoms with van der Waals surface area (Å²) < 4.78 is 23.5. The number of likely N-dealkylation sites (N-methyl/N-ethyl adjacent to an activating group) is 1. The summed E-state index contributed by atoms with van der Waals surface area (Å²) in [5.41, 5.74) is 10.2. The van der Waals surface area contributed by atoms with Gasteiger partial charge in [-0.3, -0.25) is 9.59 Å². The quantitative estimate of drug-likeness (QED) is 0.541. The van der Waals surface area contributed by atoms with Crippen LogP contribution in [-0.2, 0) is 24.0 Å². The maximum absolute atomic E-state index is 15.6. The fourth-order valence-corrected chi connectivity index (χ4v) is 7.38. The van der Waals surface area contributed by atoms with Crippen molar-refractivity contribution in [1.82, 2.24) is 14.4 Å².